The van der Waals surface area contributed by atoms with Gasteiger partial charge in [-0.25, -0.2) is 0 Å². The average molecular weight is 197 g/mol. The molecular formula is C10H19N3O. The summed E-state index contributed by atoms with van der Waals surface area (Å²) in [6.45, 7) is 6.33. The van der Waals surface area contributed by atoms with E-state index in [4.69, 9.17) is 10.3 Å². The molecule has 0 spiro atoms. The quantitative estimate of drug-likeness (QED) is 0.784. The first-order valence-electron chi connectivity index (χ1n) is 5.25. The van der Waals surface area contributed by atoms with Gasteiger partial charge in [0.05, 0.1) is 6.04 Å². The number of nitrogens with zero attached hydrogens (tertiary/aromatic N) is 2. The lowest BCUT2D eigenvalue weighted by Gasteiger charge is -2.02. The molecule has 0 saturated carbocycles. The molecule has 0 bridgehead atoms. The van der Waals surface area contributed by atoms with Crippen molar-refractivity contribution in [1.29, 1.82) is 0 Å². The fourth-order valence-corrected chi connectivity index (χ4v) is 1.13. The van der Waals surface area contributed by atoms with Gasteiger partial charge in [-0.05, 0) is 12.3 Å². The number of nitrogens with two attached hydrogens (primary N) is 1. The van der Waals surface area contributed by atoms with Crippen LogP contribution in [0.1, 0.15) is 51.4 Å². The molecule has 0 amide bonds. The molecule has 4 heteroatoms. The van der Waals surface area contributed by atoms with Crippen LogP contribution in [0.4, 0.5) is 0 Å². The third kappa shape index (κ3) is 2.80. The summed E-state index contributed by atoms with van der Waals surface area (Å²) >= 11 is 0. The van der Waals surface area contributed by atoms with Crippen LogP contribution in [-0.4, -0.2) is 10.1 Å². The molecule has 0 fully saturated rings. The van der Waals surface area contributed by atoms with E-state index in [-0.39, 0.29) is 6.04 Å². The average Bonchev–Trinajstić information content (AvgIpc) is 2.65. The zero-order chi connectivity index (χ0) is 10.6. The summed E-state index contributed by atoms with van der Waals surface area (Å²) in [7, 11) is 0. The summed E-state index contributed by atoms with van der Waals surface area (Å²) in [4.78, 5) is 4.27. The van der Waals surface area contributed by atoms with Crippen LogP contribution in [0.15, 0.2) is 4.52 Å². The Morgan fingerprint density at radius 2 is 2.07 bits per heavy atom. The first-order valence-corrected chi connectivity index (χ1v) is 5.25. The molecule has 0 aliphatic carbocycles. The van der Waals surface area contributed by atoms with E-state index in [0.29, 0.717) is 17.6 Å². The molecule has 14 heavy (non-hydrogen) atoms. The minimum atomic E-state index is -0.0931. The van der Waals surface area contributed by atoms with Crippen LogP contribution in [0.25, 0.3) is 0 Å². The summed E-state index contributed by atoms with van der Waals surface area (Å²) in [6.07, 6.45) is 2.81. The van der Waals surface area contributed by atoms with Crippen LogP contribution in [0, 0.1) is 5.92 Å². The summed E-state index contributed by atoms with van der Waals surface area (Å²) in [5.41, 5.74) is 5.79. The third-order valence-electron chi connectivity index (χ3n) is 2.48. The topological polar surface area (TPSA) is 64.9 Å². The van der Waals surface area contributed by atoms with Crippen molar-refractivity contribution in [2.45, 2.75) is 46.1 Å². The molecule has 1 aromatic heterocycles. The molecule has 0 aliphatic rings. The molecule has 0 saturated heterocycles. The van der Waals surface area contributed by atoms with Gasteiger partial charge in [0, 0.05) is 6.42 Å². The van der Waals surface area contributed by atoms with Crippen LogP contribution >= 0.6 is 0 Å². The number of rotatable bonds is 5. The molecule has 1 heterocycles. The minimum absolute atomic E-state index is 0.0931. The maximum atomic E-state index is 5.79. The lowest BCUT2D eigenvalue weighted by Crippen LogP contribution is -2.10. The molecule has 1 rings (SSSR count). The van der Waals surface area contributed by atoms with E-state index in [9.17, 15) is 0 Å². The number of aromatic nitrogens is 2. The fraction of sp³-hybridized carbons (Fsp3) is 0.800. The first-order chi connectivity index (χ1) is 6.67. The Balaban J connectivity index is 2.59. The van der Waals surface area contributed by atoms with Crippen molar-refractivity contribution in [3.05, 3.63) is 11.7 Å². The maximum absolute atomic E-state index is 5.79. The molecule has 0 aromatic carbocycles. The Morgan fingerprint density at radius 1 is 1.36 bits per heavy atom. The Kier molecular flexibility index (Phi) is 4.07. The van der Waals surface area contributed by atoms with E-state index in [1.165, 1.54) is 0 Å². The Hall–Kier alpha value is -0.900. The highest BCUT2D eigenvalue weighted by Crippen LogP contribution is 2.13. The largest absolute Gasteiger partial charge is 0.339 e. The zero-order valence-electron chi connectivity index (χ0n) is 9.16. The van der Waals surface area contributed by atoms with Crippen LogP contribution in [-0.2, 0) is 6.42 Å². The van der Waals surface area contributed by atoms with Gasteiger partial charge in [-0.15, -0.1) is 0 Å². The van der Waals surface area contributed by atoms with Crippen LogP contribution in [0.3, 0.4) is 0 Å². The van der Waals surface area contributed by atoms with E-state index in [1.807, 2.05) is 6.92 Å². The van der Waals surface area contributed by atoms with Crippen LogP contribution < -0.4 is 5.73 Å². The van der Waals surface area contributed by atoms with E-state index < -0.39 is 0 Å². The smallest absolute Gasteiger partial charge is 0.226 e. The SMILES string of the molecule is CCC(C)Cc1nc(C(N)CC)no1. The molecule has 0 radical (unpaired) electrons. The van der Waals surface area contributed by atoms with Crippen molar-refractivity contribution in [1.82, 2.24) is 10.1 Å². The van der Waals surface area contributed by atoms with Crippen molar-refractivity contribution in [2.24, 2.45) is 11.7 Å². The van der Waals surface area contributed by atoms with Crippen molar-refractivity contribution in [2.75, 3.05) is 0 Å². The fourth-order valence-electron chi connectivity index (χ4n) is 1.13. The summed E-state index contributed by atoms with van der Waals surface area (Å²) in [5, 5.41) is 3.86. The van der Waals surface area contributed by atoms with Crippen molar-refractivity contribution >= 4 is 0 Å². The molecule has 4 nitrogen and oxygen atoms in total. The second-order valence-electron chi connectivity index (χ2n) is 3.78. The van der Waals surface area contributed by atoms with Gasteiger partial charge in [0.1, 0.15) is 0 Å². The molecule has 1 aromatic rings. The zero-order valence-corrected chi connectivity index (χ0v) is 9.16. The highest BCUT2D eigenvalue weighted by atomic mass is 16.5. The lowest BCUT2D eigenvalue weighted by atomic mass is 10.1. The molecular weight excluding hydrogens is 178 g/mol. The second kappa shape index (κ2) is 5.10. The summed E-state index contributed by atoms with van der Waals surface area (Å²) in [6, 6.07) is -0.0931. The van der Waals surface area contributed by atoms with Gasteiger partial charge < -0.3 is 10.3 Å². The van der Waals surface area contributed by atoms with Gasteiger partial charge in [-0.1, -0.05) is 32.3 Å². The highest BCUT2D eigenvalue weighted by molar-refractivity contribution is 4.92. The lowest BCUT2D eigenvalue weighted by molar-refractivity contribution is 0.349. The molecule has 2 N–H and O–H groups in total. The van der Waals surface area contributed by atoms with Crippen molar-refractivity contribution in [3.8, 4) is 0 Å². The maximum Gasteiger partial charge on any atom is 0.226 e. The van der Waals surface area contributed by atoms with Gasteiger partial charge in [0.15, 0.2) is 5.82 Å². The minimum Gasteiger partial charge on any atom is -0.339 e. The summed E-state index contributed by atoms with van der Waals surface area (Å²) in [5.74, 6) is 1.92. The Bertz CT molecular complexity index is 272. The number of hydrogen-bond donors (Lipinski definition) is 1. The summed E-state index contributed by atoms with van der Waals surface area (Å²) < 4.78 is 5.12. The predicted molar refractivity (Wildman–Crippen MR) is 54.7 cm³/mol. The monoisotopic (exact) mass is 197 g/mol. The third-order valence-corrected chi connectivity index (χ3v) is 2.48. The normalized spacial score (nSPS) is 15.4. The van der Waals surface area contributed by atoms with E-state index in [1.54, 1.807) is 0 Å². The van der Waals surface area contributed by atoms with Gasteiger partial charge in [-0.2, -0.15) is 4.98 Å². The second-order valence-corrected chi connectivity index (χ2v) is 3.78. The first kappa shape index (κ1) is 11.2. The van der Waals surface area contributed by atoms with Crippen molar-refractivity contribution < 1.29 is 4.52 Å². The molecule has 80 valence electrons. The van der Waals surface area contributed by atoms with Gasteiger partial charge in [-0.3, -0.25) is 0 Å². The van der Waals surface area contributed by atoms with Crippen LogP contribution in [0.5, 0.6) is 0 Å². The predicted octanol–water partition coefficient (Wildman–Crippen LogP) is 2.07. The van der Waals surface area contributed by atoms with Gasteiger partial charge >= 0.3 is 0 Å². The number of hydrogen-bond acceptors (Lipinski definition) is 4. The molecule has 0 aliphatic heterocycles. The van der Waals surface area contributed by atoms with E-state index in [2.05, 4.69) is 24.0 Å². The highest BCUT2D eigenvalue weighted by Gasteiger charge is 2.13. The molecule has 2 atom stereocenters. The Morgan fingerprint density at radius 3 is 2.64 bits per heavy atom. The van der Waals surface area contributed by atoms with Gasteiger partial charge in [0.25, 0.3) is 0 Å². The Labute approximate surface area is 84.9 Å². The van der Waals surface area contributed by atoms with Gasteiger partial charge in [0.2, 0.25) is 5.89 Å². The van der Waals surface area contributed by atoms with E-state index >= 15 is 0 Å². The standard InChI is InChI=1S/C10H19N3O/c1-4-7(3)6-9-12-10(13-14-9)8(11)5-2/h7-8H,4-6,11H2,1-3H3. The van der Waals surface area contributed by atoms with Crippen LogP contribution in [0.2, 0.25) is 0 Å². The molecule has 2 unspecified atom stereocenters. The van der Waals surface area contributed by atoms with E-state index in [0.717, 1.165) is 19.3 Å². The van der Waals surface area contributed by atoms with Crippen molar-refractivity contribution in [3.63, 3.8) is 0 Å².